The van der Waals surface area contributed by atoms with Crippen LogP contribution in [0.25, 0.3) is 0 Å². The van der Waals surface area contributed by atoms with Gasteiger partial charge in [-0.3, -0.25) is 0 Å². The SMILES string of the molecule is C=CC(=O)OC(O)(CO)C1CCCCC1. The van der Waals surface area contributed by atoms with E-state index < -0.39 is 18.4 Å². The number of carbonyl (C=O) groups excluding carboxylic acids is 1. The molecule has 4 heteroatoms. The topological polar surface area (TPSA) is 66.8 Å². The molecule has 1 aliphatic carbocycles. The Balaban J connectivity index is 2.64. The summed E-state index contributed by atoms with van der Waals surface area (Å²) < 4.78 is 4.82. The fourth-order valence-electron chi connectivity index (χ4n) is 2.01. The minimum Gasteiger partial charge on any atom is -0.427 e. The molecule has 0 aliphatic heterocycles. The Kier molecular flexibility index (Phi) is 4.29. The summed E-state index contributed by atoms with van der Waals surface area (Å²) in [5, 5.41) is 19.1. The van der Waals surface area contributed by atoms with Gasteiger partial charge in [-0.15, -0.1) is 0 Å². The van der Waals surface area contributed by atoms with Crippen LogP contribution in [0.5, 0.6) is 0 Å². The maximum absolute atomic E-state index is 11.0. The van der Waals surface area contributed by atoms with Gasteiger partial charge in [-0.05, 0) is 12.8 Å². The van der Waals surface area contributed by atoms with Gasteiger partial charge in [-0.2, -0.15) is 0 Å². The summed E-state index contributed by atoms with van der Waals surface area (Å²) in [6, 6.07) is 0. The van der Waals surface area contributed by atoms with Crippen molar-refractivity contribution in [2.45, 2.75) is 37.9 Å². The molecule has 1 fully saturated rings. The zero-order valence-electron chi connectivity index (χ0n) is 8.82. The molecule has 0 radical (unpaired) electrons. The van der Waals surface area contributed by atoms with E-state index in [1.165, 1.54) is 0 Å². The Labute approximate surface area is 89.6 Å². The molecule has 1 rings (SSSR count). The highest BCUT2D eigenvalue weighted by molar-refractivity contribution is 5.81. The fourth-order valence-corrected chi connectivity index (χ4v) is 2.01. The molecule has 0 saturated heterocycles. The molecule has 86 valence electrons. The van der Waals surface area contributed by atoms with Crippen molar-refractivity contribution < 1.29 is 19.7 Å². The van der Waals surface area contributed by atoms with Crippen LogP contribution in [0.15, 0.2) is 12.7 Å². The predicted molar refractivity (Wildman–Crippen MR) is 54.9 cm³/mol. The third kappa shape index (κ3) is 3.04. The standard InChI is InChI=1S/C11H18O4/c1-2-10(13)15-11(14,8-12)9-6-4-3-5-7-9/h2,9,12,14H,1,3-8H2. The minimum atomic E-state index is -1.73. The summed E-state index contributed by atoms with van der Waals surface area (Å²) in [6.45, 7) is 2.70. The lowest BCUT2D eigenvalue weighted by molar-refractivity contribution is -0.246. The van der Waals surface area contributed by atoms with E-state index in [2.05, 4.69) is 6.58 Å². The number of aliphatic hydroxyl groups excluding tert-OH is 1. The first kappa shape index (κ1) is 12.2. The van der Waals surface area contributed by atoms with Gasteiger partial charge < -0.3 is 14.9 Å². The second kappa shape index (κ2) is 5.28. The van der Waals surface area contributed by atoms with Crippen LogP contribution in [0.1, 0.15) is 32.1 Å². The van der Waals surface area contributed by atoms with E-state index in [1.54, 1.807) is 0 Å². The van der Waals surface area contributed by atoms with Crippen molar-refractivity contribution in [1.82, 2.24) is 0 Å². The zero-order chi connectivity index (χ0) is 11.3. The molecule has 15 heavy (non-hydrogen) atoms. The Hall–Kier alpha value is -0.870. The number of esters is 1. The van der Waals surface area contributed by atoms with Gasteiger partial charge in [0.15, 0.2) is 0 Å². The van der Waals surface area contributed by atoms with E-state index in [1.807, 2.05) is 0 Å². The summed E-state index contributed by atoms with van der Waals surface area (Å²) >= 11 is 0. The molecule has 4 nitrogen and oxygen atoms in total. The van der Waals surface area contributed by atoms with Gasteiger partial charge >= 0.3 is 5.97 Å². The first-order chi connectivity index (χ1) is 7.12. The molecule has 0 aromatic heterocycles. The Morgan fingerprint density at radius 3 is 2.53 bits per heavy atom. The lowest BCUT2D eigenvalue weighted by atomic mass is 9.83. The lowest BCUT2D eigenvalue weighted by Gasteiger charge is -2.35. The van der Waals surface area contributed by atoms with Gasteiger partial charge in [0.05, 0.1) is 0 Å². The van der Waals surface area contributed by atoms with Gasteiger partial charge in [-0.1, -0.05) is 25.8 Å². The first-order valence-corrected chi connectivity index (χ1v) is 5.31. The zero-order valence-corrected chi connectivity index (χ0v) is 8.82. The summed E-state index contributed by atoms with van der Waals surface area (Å²) in [4.78, 5) is 11.0. The molecule has 0 bridgehead atoms. The molecule has 1 aliphatic rings. The van der Waals surface area contributed by atoms with Gasteiger partial charge in [0.2, 0.25) is 5.79 Å². The summed E-state index contributed by atoms with van der Waals surface area (Å²) in [5.41, 5.74) is 0. The van der Waals surface area contributed by atoms with Gasteiger partial charge in [0, 0.05) is 12.0 Å². The van der Waals surface area contributed by atoms with E-state index in [4.69, 9.17) is 9.84 Å². The molecule has 0 spiro atoms. The van der Waals surface area contributed by atoms with E-state index in [0.29, 0.717) is 0 Å². The second-order valence-corrected chi connectivity index (χ2v) is 3.96. The van der Waals surface area contributed by atoms with Crippen molar-refractivity contribution in [2.75, 3.05) is 6.61 Å². The molecular formula is C11H18O4. The number of ether oxygens (including phenoxy) is 1. The van der Waals surface area contributed by atoms with Crippen molar-refractivity contribution in [3.63, 3.8) is 0 Å². The van der Waals surface area contributed by atoms with Crippen molar-refractivity contribution in [2.24, 2.45) is 5.92 Å². The summed E-state index contributed by atoms with van der Waals surface area (Å²) in [5.74, 6) is -2.59. The third-order valence-corrected chi connectivity index (χ3v) is 2.91. The number of rotatable bonds is 4. The Morgan fingerprint density at radius 1 is 1.47 bits per heavy atom. The van der Waals surface area contributed by atoms with Crippen molar-refractivity contribution in [3.05, 3.63) is 12.7 Å². The van der Waals surface area contributed by atoms with E-state index in [0.717, 1.165) is 38.2 Å². The van der Waals surface area contributed by atoms with Crippen LogP contribution in [0, 0.1) is 5.92 Å². The molecular weight excluding hydrogens is 196 g/mol. The highest BCUT2D eigenvalue weighted by atomic mass is 16.7. The first-order valence-electron chi connectivity index (χ1n) is 5.31. The maximum atomic E-state index is 11.0. The molecule has 0 heterocycles. The second-order valence-electron chi connectivity index (χ2n) is 3.96. The van der Waals surface area contributed by atoms with Crippen LogP contribution in [-0.2, 0) is 9.53 Å². The Bertz CT molecular complexity index is 233. The smallest absolute Gasteiger partial charge is 0.332 e. The van der Waals surface area contributed by atoms with Crippen LogP contribution in [0.3, 0.4) is 0 Å². The maximum Gasteiger partial charge on any atom is 0.332 e. The van der Waals surface area contributed by atoms with E-state index in [9.17, 15) is 9.90 Å². The van der Waals surface area contributed by atoms with Gasteiger partial charge in [-0.25, -0.2) is 4.79 Å². The monoisotopic (exact) mass is 214 g/mol. The average molecular weight is 214 g/mol. The van der Waals surface area contributed by atoms with Gasteiger partial charge in [0.1, 0.15) is 6.61 Å². The van der Waals surface area contributed by atoms with Crippen molar-refractivity contribution >= 4 is 5.97 Å². The number of aliphatic hydroxyl groups is 2. The highest BCUT2D eigenvalue weighted by Gasteiger charge is 2.40. The molecule has 1 saturated carbocycles. The quantitative estimate of drug-likeness (QED) is 0.416. The number of hydrogen-bond donors (Lipinski definition) is 2. The van der Waals surface area contributed by atoms with Crippen LogP contribution in [0.4, 0.5) is 0 Å². The van der Waals surface area contributed by atoms with E-state index >= 15 is 0 Å². The normalized spacial score (nSPS) is 21.7. The molecule has 1 unspecified atom stereocenters. The average Bonchev–Trinajstić information content (AvgIpc) is 2.30. The van der Waals surface area contributed by atoms with Crippen LogP contribution >= 0.6 is 0 Å². The number of hydrogen-bond acceptors (Lipinski definition) is 4. The lowest BCUT2D eigenvalue weighted by Crippen LogP contribution is -2.46. The molecule has 0 amide bonds. The molecule has 1 atom stereocenters. The Morgan fingerprint density at radius 2 is 2.07 bits per heavy atom. The third-order valence-electron chi connectivity index (χ3n) is 2.91. The highest BCUT2D eigenvalue weighted by Crippen LogP contribution is 2.33. The molecule has 0 aromatic carbocycles. The van der Waals surface area contributed by atoms with Crippen LogP contribution < -0.4 is 0 Å². The van der Waals surface area contributed by atoms with Gasteiger partial charge in [0.25, 0.3) is 0 Å². The van der Waals surface area contributed by atoms with Crippen molar-refractivity contribution in [3.8, 4) is 0 Å². The largest absolute Gasteiger partial charge is 0.427 e. The predicted octanol–water partition coefficient (Wildman–Crippen LogP) is 0.977. The van der Waals surface area contributed by atoms with Crippen molar-refractivity contribution in [1.29, 1.82) is 0 Å². The molecule has 0 aromatic rings. The van der Waals surface area contributed by atoms with Crippen LogP contribution in [0.2, 0.25) is 0 Å². The fraction of sp³-hybridized carbons (Fsp3) is 0.727. The minimum absolute atomic E-state index is 0.167. The van der Waals surface area contributed by atoms with E-state index in [-0.39, 0.29) is 5.92 Å². The number of carbonyl (C=O) groups is 1. The summed E-state index contributed by atoms with van der Waals surface area (Å²) in [6.07, 6.45) is 5.68. The molecule has 2 N–H and O–H groups in total. The summed E-state index contributed by atoms with van der Waals surface area (Å²) in [7, 11) is 0. The van der Waals surface area contributed by atoms with Crippen LogP contribution in [-0.4, -0.2) is 28.6 Å².